The van der Waals surface area contributed by atoms with Crippen molar-refractivity contribution in [1.82, 2.24) is 35.8 Å². The number of carbonyl (C=O) groups excluding carboxylic acids is 2. The number of nitrogens with two attached hydrogens (primary N) is 1. The largest absolute Gasteiger partial charge is 0.481 e. The molecule has 3 atom stereocenters. The van der Waals surface area contributed by atoms with Crippen molar-refractivity contribution in [3.8, 4) is 0 Å². The van der Waals surface area contributed by atoms with Gasteiger partial charge in [-0.15, -0.1) is 28.2 Å². The maximum atomic E-state index is 13.0. The number of nitrogens with one attached hydrogen (secondary N) is 2. The van der Waals surface area contributed by atoms with Crippen molar-refractivity contribution in [2.45, 2.75) is 28.2 Å². The van der Waals surface area contributed by atoms with Crippen LogP contribution in [0.25, 0.3) is 0 Å². The van der Waals surface area contributed by atoms with Gasteiger partial charge in [0.2, 0.25) is 5.16 Å². The molecule has 0 aromatic carbocycles. The molecule has 0 aliphatic carbocycles. The number of tetrazole rings is 1. The van der Waals surface area contributed by atoms with E-state index in [1.165, 1.54) is 24.3 Å². The molecule has 0 bridgehead atoms. The van der Waals surface area contributed by atoms with Gasteiger partial charge in [-0.1, -0.05) is 16.9 Å². The van der Waals surface area contributed by atoms with Gasteiger partial charge < -0.3 is 26.1 Å². The van der Waals surface area contributed by atoms with Crippen LogP contribution in [0.4, 0.5) is 5.13 Å². The molecule has 2 aromatic rings. The average Bonchev–Trinajstić information content (AvgIpc) is 3.50. The highest BCUT2D eigenvalue weighted by Gasteiger charge is 2.55. The molecule has 0 spiro atoms. The molecule has 4 rings (SSSR count). The minimum Gasteiger partial charge on any atom is -0.481 e. The number of hydrogen-bond donors (Lipinski definition) is 5. The smallest absolute Gasteiger partial charge is 0.352 e. The summed E-state index contributed by atoms with van der Waals surface area (Å²) in [6, 6.07) is -1.06. The van der Waals surface area contributed by atoms with E-state index in [1.54, 1.807) is 0 Å². The van der Waals surface area contributed by atoms with E-state index in [1.807, 2.05) is 0 Å². The fraction of sp³-hybridized carbons (Fsp3) is 0.353. The lowest BCUT2D eigenvalue weighted by atomic mass is 10.00. The summed E-state index contributed by atoms with van der Waals surface area (Å²) in [7, 11) is 1.24. The molecule has 1 unspecified atom stereocenters. The first-order valence-corrected chi connectivity index (χ1v) is 12.7. The zero-order chi connectivity index (χ0) is 26.0. The van der Waals surface area contributed by atoms with Crippen LogP contribution in [0.15, 0.2) is 27.0 Å². The Morgan fingerprint density at radius 3 is 2.81 bits per heavy atom. The van der Waals surface area contributed by atoms with Gasteiger partial charge in [-0.05, 0) is 16.0 Å². The lowest BCUT2D eigenvalue weighted by molar-refractivity contribution is -0.150. The Morgan fingerprint density at radius 1 is 1.44 bits per heavy atom. The predicted octanol–water partition coefficient (Wildman–Crippen LogP) is -1.04. The number of rotatable bonds is 10. The number of H-pyrrole nitrogens is 1. The molecule has 2 aliphatic heterocycles. The zero-order valence-electron chi connectivity index (χ0n) is 18.1. The number of hydrogen-bond acceptors (Lipinski definition) is 14. The molecule has 4 heterocycles. The van der Waals surface area contributed by atoms with Crippen LogP contribution in [0.5, 0.6) is 0 Å². The van der Waals surface area contributed by atoms with Crippen LogP contribution < -0.4 is 11.1 Å². The third kappa shape index (κ3) is 4.97. The normalized spacial score (nSPS) is 20.4. The Hall–Kier alpha value is -3.71. The number of carboxylic acids is 2. The summed E-state index contributed by atoms with van der Waals surface area (Å²) in [4.78, 5) is 59.3. The number of anilines is 1. The van der Waals surface area contributed by atoms with Crippen molar-refractivity contribution in [2.75, 3.05) is 18.6 Å². The molecule has 1 saturated heterocycles. The molecule has 16 nitrogen and oxygen atoms in total. The number of nitrogen functional groups attached to an aromatic ring is 1. The van der Waals surface area contributed by atoms with Crippen LogP contribution in [0.1, 0.15) is 12.1 Å². The number of carbonyl (C=O) groups is 4. The van der Waals surface area contributed by atoms with E-state index >= 15 is 0 Å². The Kier molecular flexibility index (Phi) is 7.40. The van der Waals surface area contributed by atoms with Gasteiger partial charge in [0, 0.05) is 16.4 Å². The molecule has 2 aliphatic rings. The van der Waals surface area contributed by atoms with Crippen molar-refractivity contribution in [3.63, 3.8) is 0 Å². The van der Waals surface area contributed by atoms with Crippen molar-refractivity contribution >= 4 is 69.5 Å². The second-order valence-electron chi connectivity index (χ2n) is 7.14. The monoisotopic (exact) mass is 555 g/mol. The Bertz CT molecular complexity index is 1260. The number of thiazole rings is 1. The number of aromatic amines is 1. The van der Waals surface area contributed by atoms with E-state index in [0.29, 0.717) is 0 Å². The van der Waals surface area contributed by atoms with Crippen molar-refractivity contribution < 1.29 is 34.2 Å². The van der Waals surface area contributed by atoms with Crippen LogP contribution >= 0.6 is 34.9 Å². The first-order valence-electron chi connectivity index (χ1n) is 9.87. The number of β-lactam (4-membered cyclic amide) rings is 1. The first kappa shape index (κ1) is 25.4. The van der Waals surface area contributed by atoms with E-state index in [0.717, 1.165) is 28.0 Å². The molecule has 1 fully saturated rings. The number of carboxylic acid groups (broad SMARTS) is 2. The number of aliphatic carboxylic acids is 2. The molecule has 0 saturated carbocycles. The number of amides is 2. The Balaban J connectivity index is 1.58. The van der Waals surface area contributed by atoms with Crippen molar-refractivity contribution in [3.05, 3.63) is 22.3 Å². The van der Waals surface area contributed by atoms with Gasteiger partial charge in [0.1, 0.15) is 29.9 Å². The molecule has 2 amide bonds. The predicted molar refractivity (Wildman–Crippen MR) is 126 cm³/mol. The molecule has 19 heteroatoms. The summed E-state index contributed by atoms with van der Waals surface area (Å²) in [5.74, 6) is -3.91. The fourth-order valence-electron chi connectivity index (χ4n) is 3.52. The summed E-state index contributed by atoms with van der Waals surface area (Å²) < 4.78 is 0. The number of aromatic nitrogens is 5. The standard InChI is InChI=1S/C17H17N9O7S3/c1-33-23-9(6-4-35-16(18)19-6)12(29)20-10-13(30)26-11(15(31)32)5(3-34-14(10)26)7(2-8(27)28)36-17-21-24-25-22-17/h4,7,10,14H,2-3H2,1H3,(H2,18,19)(H,20,29)(H,27,28)(H,31,32)(H,21,22,24,25)/t7?,10-,14+/m1/s1. The molecule has 6 N–H and O–H groups in total. The van der Waals surface area contributed by atoms with Gasteiger partial charge in [0.15, 0.2) is 10.8 Å². The molecule has 0 radical (unpaired) electrons. The van der Waals surface area contributed by atoms with Gasteiger partial charge >= 0.3 is 11.9 Å². The molecule has 190 valence electrons. The fourth-order valence-corrected chi connectivity index (χ4v) is 6.61. The van der Waals surface area contributed by atoms with E-state index in [4.69, 9.17) is 10.6 Å². The first-order chi connectivity index (χ1) is 17.2. The third-order valence-corrected chi connectivity index (χ3v) is 8.09. The number of fused-ring (bicyclic) bond motifs is 1. The van der Waals surface area contributed by atoms with Crippen LogP contribution in [0.3, 0.4) is 0 Å². The Labute approximate surface area is 213 Å². The second-order valence-corrected chi connectivity index (χ2v) is 10.3. The van der Waals surface area contributed by atoms with Gasteiger partial charge in [-0.25, -0.2) is 14.9 Å². The number of thioether (sulfide) groups is 2. The Morgan fingerprint density at radius 2 is 2.22 bits per heavy atom. The van der Waals surface area contributed by atoms with Crippen LogP contribution in [-0.4, -0.2) is 99.7 Å². The highest BCUT2D eigenvalue weighted by atomic mass is 32.2. The van der Waals surface area contributed by atoms with Crippen LogP contribution in [0.2, 0.25) is 0 Å². The van der Waals surface area contributed by atoms with Crippen molar-refractivity contribution in [2.24, 2.45) is 5.16 Å². The highest BCUT2D eigenvalue weighted by Crippen LogP contribution is 2.44. The van der Waals surface area contributed by atoms with Crippen LogP contribution in [-0.2, 0) is 24.0 Å². The van der Waals surface area contributed by atoms with Gasteiger partial charge in [-0.2, -0.15) is 0 Å². The van der Waals surface area contributed by atoms with E-state index < -0.39 is 46.8 Å². The number of oxime groups is 1. The molecular weight excluding hydrogens is 538 g/mol. The topological polar surface area (TPSA) is 239 Å². The zero-order valence-corrected chi connectivity index (χ0v) is 20.6. The van der Waals surface area contributed by atoms with Crippen LogP contribution in [0, 0.1) is 0 Å². The molecule has 36 heavy (non-hydrogen) atoms. The van der Waals surface area contributed by atoms with E-state index in [2.05, 4.69) is 36.1 Å². The maximum Gasteiger partial charge on any atom is 0.352 e. The summed E-state index contributed by atoms with van der Waals surface area (Å²) in [5, 5.41) is 38.9. The van der Waals surface area contributed by atoms with Gasteiger partial charge in [0.25, 0.3) is 11.8 Å². The third-order valence-electron chi connectivity index (χ3n) is 4.98. The second kappa shape index (κ2) is 10.5. The lowest BCUT2D eigenvalue weighted by Crippen LogP contribution is -2.71. The maximum absolute atomic E-state index is 13.0. The lowest BCUT2D eigenvalue weighted by Gasteiger charge is -2.50. The SMILES string of the molecule is CON=C(C(=O)N[C@@H]1C(=O)N2C(C(=O)O)=C(C(CC(=O)O)Sc3nnn[nH]3)CS[C@@H]12)c1csc(N)n1. The highest BCUT2D eigenvalue weighted by molar-refractivity contribution is 8.01. The quantitative estimate of drug-likeness (QED) is 0.102. The summed E-state index contributed by atoms with van der Waals surface area (Å²) in [6.07, 6.45) is -0.432. The van der Waals surface area contributed by atoms with E-state index in [9.17, 15) is 29.4 Å². The molecule has 2 aromatic heterocycles. The van der Waals surface area contributed by atoms with E-state index in [-0.39, 0.29) is 38.7 Å². The number of nitrogens with zero attached hydrogens (tertiary/aromatic N) is 6. The summed E-state index contributed by atoms with van der Waals surface area (Å²) in [6.45, 7) is 0. The van der Waals surface area contributed by atoms with Crippen molar-refractivity contribution in [1.29, 1.82) is 0 Å². The molecular formula is C17H17N9O7S3. The summed E-state index contributed by atoms with van der Waals surface area (Å²) in [5.41, 5.74) is 5.46. The minimum absolute atomic E-state index is 0.0938. The van der Waals surface area contributed by atoms with Gasteiger partial charge in [-0.3, -0.25) is 19.3 Å². The average molecular weight is 556 g/mol. The summed E-state index contributed by atoms with van der Waals surface area (Å²) >= 11 is 3.21. The minimum atomic E-state index is -1.40. The van der Waals surface area contributed by atoms with Gasteiger partial charge in [0.05, 0.1) is 6.42 Å².